The van der Waals surface area contributed by atoms with Crippen LogP contribution in [0, 0.1) is 6.92 Å². The Morgan fingerprint density at radius 3 is 2.55 bits per heavy atom. The predicted octanol–water partition coefficient (Wildman–Crippen LogP) is 2.49. The summed E-state index contributed by atoms with van der Waals surface area (Å²) in [5.41, 5.74) is 3.59. The number of methoxy groups -OCH3 is 1. The van der Waals surface area contributed by atoms with E-state index in [0.29, 0.717) is 11.4 Å². The third kappa shape index (κ3) is 3.84. The minimum atomic E-state index is -0.0691. The minimum Gasteiger partial charge on any atom is -0.497 e. The lowest BCUT2D eigenvalue weighted by molar-refractivity contribution is 0.0945. The van der Waals surface area contributed by atoms with Crippen LogP contribution < -0.4 is 10.1 Å². The summed E-state index contributed by atoms with van der Waals surface area (Å²) < 4.78 is 5.18. The molecule has 1 aromatic heterocycles. The average molecular weight is 319 g/mol. The van der Waals surface area contributed by atoms with Gasteiger partial charge in [0.25, 0.3) is 5.91 Å². The summed E-state index contributed by atoms with van der Waals surface area (Å²) in [6.45, 7) is 2.38. The Morgan fingerprint density at radius 2 is 2.05 bits per heavy atom. The molecule has 0 saturated heterocycles. The molecule has 6 heteroatoms. The van der Waals surface area contributed by atoms with E-state index in [-0.39, 0.29) is 11.9 Å². The number of thiazole rings is 1. The van der Waals surface area contributed by atoms with E-state index in [2.05, 4.69) is 15.2 Å². The molecule has 2 rings (SSSR count). The molecule has 1 amide bonds. The molecule has 1 atom stereocenters. The average Bonchev–Trinajstić information content (AvgIpc) is 2.94. The first-order valence-electron chi connectivity index (χ1n) is 7.01. The second-order valence-corrected chi connectivity index (χ2v) is 6.08. The van der Waals surface area contributed by atoms with E-state index in [1.54, 1.807) is 12.6 Å². The molecule has 0 spiro atoms. The number of rotatable bonds is 6. The molecule has 0 bridgehead atoms. The second kappa shape index (κ2) is 7.38. The van der Waals surface area contributed by atoms with Crippen molar-refractivity contribution in [3.63, 3.8) is 0 Å². The standard InChI is InChI=1S/C16H21N3O2S/c1-11-15(22-10-18-11)16(20)17-9-14(19(2)3)12-5-7-13(21-4)8-6-12/h5-8,10,14H,9H2,1-4H3,(H,17,20)/t14-/m0/s1. The van der Waals surface area contributed by atoms with Crippen LogP contribution in [0.25, 0.3) is 0 Å². The number of hydrogen-bond donors (Lipinski definition) is 1. The van der Waals surface area contributed by atoms with Crippen LogP contribution in [0.4, 0.5) is 0 Å². The molecule has 0 saturated carbocycles. The van der Waals surface area contributed by atoms with Crippen molar-refractivity contribution in [3.05, 3.63) is 45.9 Å². The number of ether oxygens (including phenoxy) is 1. The van der Waals surface area contributed by atoms with Crippen LogP contribution in [0.2, 0.25) is 0 Å². The molecule has 0 aliphatic heterocycles. The maximum atomic E-state index is 12.2. The van der Waals surface area contributed by atoms with Gasteiger partial charge in [-0.3, -0.25) is 4.79 Å². The molecule has 0 unspecified atom stereocenters. The largest absolute Gasteiger partial charge is 0.497 e. The lowest BCUT2D eigenvalue weighted by Crippen LogP contribution is -2.34. The summed E-state index contributed by atoms with van der Waals surface area (Å²) in [6.07, 6.45) is 0. The predicted molar refractivity (Wildman–Crippen MR) is 88.6 cm³/mol. The van der Waals surface area contributed by atoms with Gasteiger partial charge in [-0.1, -0.05) is 12.1 Å². The van der Waals surface area contributed by atoms with E-state index < -0.39 is 0 Å². The van der Waals surface area contributed by atoms with E-state index in [1.165, 1.54) is 11.3 Å². The zero-order chi connectivity index (χ0) is 16.1. The Morgan fingerprint density at radius 1 is 1.36 bits per heavy atom. The van der Waals surface area contributed by atoms with Crippen molar-refractivity contribution in [1.29, 1.82) is 0 Å². The number of likely N-dealkylation sites (N-methyl/N-ethyl adjacent to an activating group) is 1. The molecule has 0 radical (unpaired) electrons. The summed E-state index contributed by atoms with van der Waals surface area (Å²) in [4.78, 5) is 19.1. The van der Waals surface area contributed by atoms with Gasteiger partial charge in [-0.2, -0.15) is 0 Å². The van der Waals surface area contributed by atoms with Gasteiger partial charge in [0.2, 0.25) is 0 Å². The third-order valence-electron chi connectivity index (χ3n) is 3.53. The van der Waals surface area contributed by atoms with Crippen molar-refractivity contribution in [1.82, 2.24) is 15.2 Å². The molecule has 1 heterocycles. The smallest absolute Gasteiger partial charge is 0.263 e. The number of nitrogens with one attached hydrogen (secondary N) is 1. The van der Waals surface area contributed by atoms with E-state index in [0.717, 1.165) is 17.0 Å². The van der Waals surface area contributed by atoms with E-state index >= 15 is 0 Å². The molecule has 1 N–H and O–H groups in total. The van der Waals surface area contributed by atoms with Crippen LogP contribution in [-0.2, 0) is 0 Å². The highest BCUT2D eigenvalue weighted by molar-refractivity contribution is 7.11. The molecule has 0 fully saturated rings. The van der Waals surface area contributed by atoms with Crippen LogP contribution >= 0.6 is 11.3 Å². The van der Waals surface area contributed by atoms with Gasteiger partial charge < -0.3 is 15.0 Å². The van der Waals surface area contributed by atoms with Gasteiger partial charge in [0, 0.05) is 6.54 Å². The van der Waals surface area contributed by atoms with Gasteiger partial charge in [0.1, 0.15) is 10.6 Å². The van der Waals surface area contributed by atoms with Crippen molar-refractivity contribution < 1.29 is 9.53 Å². The van der Waals surface area contributed by atoms with Gasteiger partial charge in [-0.05, 0) is 38.7 Å². The number of benzene rings is 1. The summed E-state index contributed by atoms with van der Waals surface area (Å²) in [7, 11) is 5.65. The van der Waals surface area contributed by atoms with E-state index in [4.69, 9.17) is 4.74 Å². The Labute approximate surface area is 134 Å². The SMILES string of the molecule is COc1ccc([C@H](CNC(=O)c2scnc2C)N(C)C)cc1. The molecular formula is C16H21N3O2S. The zero-order valence-electron chi connectivity index (χ0n) is 13.3. The third-order valence-corrected chi connectivity index (χ3v) is 4.46. The van der Waals surface area contributed by atoms with Crippen molar-refractivity contribution in [2.75, 3.05) is 27.7 Å². The van der Waals surface area contributed by atoms with E-state index in [1.807, 2.05) is 45.3 Å². The normalized spacial score (nSPS) is 12.2. The Balaban J connectivity index is 2.05. The topological polar surface area (TPSA) is 54.5 Å². The first-order valence-corrected chi connectivity index (χ1v) is 7.89. The molecule has 0 aliphatic rings. The lowest BCUT2D eigenvalue weighted by Gasteiger charge is -2.25. The minimum absolute atomic E-state index is 0.0691. The Kier molecular flexibility index (Phi) is 5.51. The molecule has 0 aliphatic carbocycles. The summed E-state index contributed by atoms with van der Waals surface area (Å²) in [5.74, 6) is 0.755. The number of hydrogen-bond acceptors (Lipinski definition) is 5. The Bertz CT molecular complexity index is 623. The second-order valence-electron chi connectivity index (χ2n) is 5.23. The molecule has 2 aromatic rings. The fourth-order valence-corrected chi connectivity index (χ4v) is 2.93. The highest BCUT2D eigenvalue weighted by atomic mass is 32.1. The number of aryl methyl sites for hydroxylation is 1. The van der Waals surface area contributed by atoms with Crippen LogP contribution in [0.1, 0.15) is 27.0 Å². The summed E-state index contributed by atoms with van der Waals surface area (Å²) in [6, 6.07) is 8.01. The quantitative estimate of drug-likeness (QED) is 0.889. The van der Waals surface area contributed by atoms with Crippen molar-refractivity contribution in [2.45, 2.75) is 13.0 Å². The molecule has 5 nitrogen and oxygen atoms in total. The highest BCUT2D eigenvalue weighted by Crippen LogP contribution is 2.21. The number of amides is 1. The van der Waals surface area contributed by atoms with Gasteiger partial charge in [-0.25, -0.2) is 4.98 Å². The van der Waals surface area contributed by atoms with Gasteiger partial charge in [0.05, 0.1) is 24.4 Å². The number of carbonyl (C=O) groups excluding carboxylic acids is 1. The maximum Gasteiger partial charge on any atom is 0.263 e. The Hall–Kier alpha value is -1.92. The van der Waals surface area contributed by atoms with Gasteiger partial charge >= 0.3 is 0 Å². The van der Waals surface area contributed by atoms with Crippen LogP contribution in [0.3, 0.4) is 0 Å². The highest BCUT2D eigenvalue weighted by Gasteiger charge is 2.17. The van der Waals surface area contributed by atoms with Crippen molar-refractivity contribution in [3.8, 4) is 5.75 Å². The first-order chi connectivity index (χ1) is 10.5. The zero-order valence-corrected chi connectivity index (χ0v) is 14.1. The fraction of sp³-hybridized carbons (Fsp3) is 0.375. The summed E-state index contributed by atoms with van der Waals surface area (Å²) in [5, 5.41) is 2.99. The number of aromatic nitrogens is 1. The molecular weight excluding hydrogens is 298 g/mol. The lowest BCUT2D eigenvalue weighted by atomic mass is 10.1. The molecule has 118 valence electrons. The van der Waals surface area contributed by atoms with E-state index in [9.17, 15) is 4.79 Å². The maximum absolute atomic E-state index is 12.2. The molecule has 1 aromatic carbocycles. The number of carbonyl (C=O) groups is 1. The molecule has 22 heavy (non-hydrogen) atoms. The van der Waals surface area contributed by atoms with Crippen molar-refractivity contribution >= 4 is 17.2 Å². The van der Waals surface area contributed by atoms with Crippen LogP contribution in [0.5, 0.6) is 5.75 Å². The summed E-state index contributed by atoms with van der Waals surface area (Å²) >= 11 is 1.37. The fourth-order valence-electron chi connectivity index (χ4n) is 2.21. The van der Waals surface area contributed by atoms with Gasteiger partial charge in [0.15, 0.2) is 0 Å². The van der Waals surface area contributed by atoms with Crippen LogP contribution in [-0.4, -0.2) is 43.5 Å². The monoisotopic (exact) mass is 319 g/mol. The first kappa shape index (κ1) is 16.5. The van der Waals surface area contributed by atoms with Crippen molar-refractivity contribution in [2.24, 2.45) is 0 Å². The van der Waals surface area contributed by atoms with Gasteiger partial charge in [-0.15, -0.1) is 11.3 Å². The number of nitrogens with zero attached hydrogens (tertiary/aromatic N) is 2. The van der Waals surface area contributed by atoms with Crippen LogP contribution in [0.15, 0.2) is 29.8 Å².